The number of carbonyl (C=O) groups is 1. The van der Waals surface area contributed by atoms with Crippen molar-refractivity contribution < 1.29 is 22.4 Å². The Bertz CT molecular complexity index is 436. The quantitative estimate of drug-likeness (QED) is 0.879. The van der Waals surface area contributed by atoms with E-state index >= 15 is 0 Å². The van der Waals surface area contributed by atoms with Gasteiger partial charge in [0.1, 0.15) is 12.3 Å². The van der Waals surface area contributed by atoms with E-state index in [4.69, 9.17) is 4.42 Å². The van der Waals surface area contributed by atoms with Crippen molar-refractivity contribution in [3.63, 3.8) is 0 Å². The molecule has 0 bridgehead atoms. The summed E-state index contributed by atoms with van der Waals surface area (Å²) in [7, 11) is 0. The van der Waals surface area contributed by atoms with Gasteiger partial charge in [-0.15, -0.1) is 0 Å². The van der Waals surface area contributed by atoms with E-state index in [0.717, 1.165) is 4.90 Å². The molecule has 0 fully saturated rings. The van der Waals surface area contributed by atoms with Gasteiger partial charge in [-0.1, -0.05) is 0 Å². The third-order valence-electron chi connectivity index (χ3n) is 2.64. The molecule has 0 aromatic carbocycles. The Labute approximate surface area is 122 Å². The van der Waals surface area contributed by atoms with Gasteiger partial charge in [-0.2, -0.15) is 13.2 Å². The van der Waals surface area contributed by atoms with Gasteiger partial charge in [-0.05, 0) is 32.9 Å². The maximum atomic E-state index is 12.6. The Morgan fingerprint density at radius 2 is 2.00 bits per heavy atom. The Morgan fingerprint density at radius 3 is 2.48 bits per heavy atom. The molecule has 0 radical (unpaired) electrons. The summed E-state index contributed by atoms with van der Waals surface area (Å²) >= 11 is 0. The first-order valence-corrected chi connectivity index (χ1v) is 6.69. The van der Waals surface area contributed by atoms with E-state index in [0.29, 0.717) is 12.3 Å². The van der Waals surface area contributed by atoms with Crippen LogP contribution in [-0.4, -0.2) is 35.6 Å². The lowest BCUT2D eigenvalue weighted by molar-refractivity contribution is -0.162. The summed E-state index contributed by atoms with van der Waals surface area (Å²) in [5.74, 6) is -0.225. The van der Waals surface area contributed by atoms with Gasteiger partial charge in [0.05, 0.1) is 12.8 Å². The summed E-state index contributed by atoms with van der Waals surface area (Å²) in [5, 5.41) is 3.08. The van der Waals surface area contributed by atoms with Crippen LogP contribution in [0.1, 0.15) is 33.0 Å². The molecule has 0 unspecified atom stereocenters. The van der Waals surface area contributed by atoms with Crippen molar-refractivity contribution >= 4 is 5.91 Å². The first-order chi connectivity index (χ1) is 9.57. The van der Waals surface area contributed by atoms with E-state index in [-0.39, 0.29) is 18.5 Å². The van der Waals surface area contributed by atoms with E-state index in [1.807, 2.05) is 20.8 Å². The maximum Gasteiger partial charge on any atom is 0.406 e. The lowest BCUT2D eigenvalue weighted by Crippen LogP contribution is -2.42. The predicted octanol–water partition coefficient (Wildman–Crippen LogP) is 2.95. The third-order valence-corrected chi connectivity index (χ3v) is 2.64. The molecule has 1 amide bonds. The molecule has 0 saturated heterocycles. The number of rotatable bonds is 6. The van der Waals surface area contributed by atoms with Gasteiger partial charge in [0.15, 0.2) is 0 Å². The number of hydrogen-bond acceptors (Lipinski definition) is 3. The Balaban J connectivity index is 2.60. The molecule has 4 nitrogen and oxygen atoms in total. The molecule has 0 atom stereocenters. The zero-order chi connectivity index (χ0) is 16.1. The predicted molar refractivity (Wildman–Crippen MR) is 72.6 cm³/mol. The number of nitrogens with one attached hydrogen (secondary N) is 1. The maximum absolute atomic E-state index is 12.6. The molecule has 120 valence electrons. The molecule has 0 spiro atoms. The van der Waals surface area contributed by atoms with Crippen LogP contribution in [0.2, 0.25) is 0 Å². The summed E-state index contributed by atoms with van der Waals surface area (Å²) < 4.78 is 42.7. The number of nitrogens with zero attached hydrogens (tertiary/aromatic N) is 1. The second-order valence-corrected chi connectivity index (χ2v) is 5.87. The van der Waals surface area contributed by atoms with Crippen molar-refractivity contribution in [2.75, 3.05) is 13.1 Å². The molecule has 0 saturated carbocycles. The van der Waals surface area contributed by atoms with Crippen LogP contribution in [0, 0.1) is 0 Å². The molecule has 0 aliphatic carbocycles. The van der Waals surface area contributed by atoms with Crippen molar-refractivity contribution in [1.82, 2.24) is 10.2 Å². The minimum Gasteiger partial charge on any atom is -0.467 e. The number of hydrogen-bond donors (Lipinski definition) is 1. The zero-order valence-electron chi connectivity index (χ0n) is 12.5. The lowest BCUT2D eigenvalue weighted by Gasteiger charge is -2.25. The molecule has 1 rings (SSSR count). The smallest absolute Gasteiger partial charge is 0.406 e. The molecular weight excluding hydrogens is 285 g/mol. The van der Waals surface area contributed by atoms with Crippen molar-refractivity contribution in [3.8, 4) is 0 Å². The summed E-state index contributed by atoms with van der Waals surface area (Å²) in [6.45, 7) is 4.65. The van der Waals surface area contributed by atoms with Crippen molar-refractivity contribution in [1.29, 1.82) is 0 Å². The average Bonchev–Trinajstić information content (AvgIpc) is 2.77. The minimum atomic E-state index is -4.43. The normalized spacial score (nSPS) is 12.5. The van der Waals surface area contributed by atoms with Gasteiger partial charge < -0.3 is 14.6 Å². The second kappa shape index (κ2) is 6.98. The van der Waals surface area contributed by atoms with Gasteiger partial charge in [0.2, 0.25) is 5.91 Å². The highest BCUT2D eigenvalue weighted by Gasteiger charge is 2.33. The van der Waals surface area contributed by atoms with Crippen LogP contribution in [0.4, 0.5) is 13.2 Å². The Hall–Kier alpha value is -1.50. The molecular formula is C14H21F3N2O2. The Morgan fingerprint density at radius 1 is 1.33 bits per heavy atom. The highest BCUT2D eigenvalue weighted by atomic mass is 19.4. The lowest BCUT2D eigenvalue weighted by atomic mass is 10.1. The van der Waals surface area contributed by atoms with Crippen LogP contribution in [0.15, 0.2) is 22.8 Å². The summed E-state index contributed by atoms with van der Waals surface area (Å²) in [5.41, 5.74) is -0.184. The monoisotopic (exact) mass is 306 g/mol. The number of alkyl halides is 3. The van der Waals surface area contributed by atoms with Gasteiger partial charge in [-0.25, -0.2) is 0 Å². The van der Waals surface area contributed by atoms with Gasteiger partial charge in [-0.3, -0.25) is 4.79 Å². The molecule has 0 aliphatic rings. The fraction of sp³-hybridized carbons (Fsp3) is 0.643. The van der Waals surface area contributed by atoms with Gasteiger partial charge in [0.25, 0.3) is 0 Å². The third kappa shape index (κ3) is 7.75. The van der Waals surface area contributed by atoms with E-state index in [1.54, 1.807) is 12.1 Å². The number of carbonyl (C=O) groups excluding carboxylic acids is 1. The Kier molecular flexibility index (Phi) is 5.83. The van der Waals surface area contributed by atoms with E-state index in [2.05, 4.69) is 5.32 Å². The topological polar surface area (TPSA) is 45.5 Å². The van der Waals surface area contributed by atoms with E-state index in [1.165, 1.54) is 6.26 Å². The fourth-order valence-corrected chi connectivity index (χ4v) is 1.74. The van der Waals surface area contributed by atoms with Gasteiger partial charge >= 0.3 is 6.18 Å². The van der Waals surface area contributed by atoms with Crippen molar-refractivity contribution in [2.45, 2.75) is 45.5 Å². The van der Waals surface area contributed by atoms with E-state index < -0.39 is 18.6 Å². The fourth-order valence-electron chi connectivity index (χ4n) is 1.74. The molecule has 1 aromatic heterocycles. The van der Waals surface area contributed by atoms with Gasteiger partial charge in [0, 0.05) is 18.5 Å². The average molecular weight is 306 g/mol. The van der Waals surface area contributed by atoms with Crippen molar-refractivity contribution in [2.24, 2.45) is 0 Å². The second-order valence-electron chi connectivity index (χ2n) is 5.87. The molecule has 0 aliphatic heterocycles. The van der Waals surface area contributed by atoms with Crippen LogP contribution >= 0.6 is 0 Å². The summed E-state index contributed by atoms with van der Waals surface area (Å²) in [4.78, 5) is 12.7. The molecule has 21 heavy (non-hydrogen) atoms. The van der Waals surface area contributed by atoms with Crippen LogP contribution < -0.4 is 5.32 Å². The largest absolute Gasteiger partial charge is 0.467 e. The van der Waals surface area contributed by atoms with Crippen LogP contribution in [-0.2, 0) is 11.3 Å². The number of amides is 1. The van der Waals surface area contributed by atoms with Crippen LogP contribution in [0.25, 0.3) is 0 Å². The molecule has 1 N–H and O–H groups in total. The van der Waals surface area contributed by atoms with Crippen molar-refractivity contribution in [3.05, 3.63) is 24.2 Å². The minimum absolute atomic E-state index is 0.00799. The summed E-state index contributed by atoms with van der Waals surface area (Å²) in [6.07, 6.45) is -3.06. The van der Waals surface area contributed by atoms with Crippen LogP contribution in [0.5, 0.6) is 0 Å². The zero-order valence-corrected chi connectivity index (χ0v) is 12.5. The molecule has 1 heterocycles. The molecule has 7 heteroatoms. The van der Waals surface area contributed by atoms with Crippen LogP contribution in [0.3, 0.4) is 0 Å². The number of furan rings is 1. The first-order valence-electron chi connectivity index (χ1n) is 6.69. The van der Waals surface area contributed by atoms with E-state index in [9.17, 15) is 18.0 Å². The highest BCUT2D eigenvalue weighted by molar-refractivity contribution is 5.76. The SMILES string of the molecule is CC(C)(C)NCCC(=O)N(Cc1ccco1)CC(F)(F)F. The standard InChI is InChI=1S/C14H21F3N2O2/c1-13(2,3)18-7-6-12(20)19(10-14(15,16)17)9-11-5-4-8-21-11/h4-5,8,18H,6-7,9-10H2,1-3H3. The highest BCUT2D eigenvalue weighted by Crippen LogP contribution is 2.19. The first kappa shape index (κ1) is 17.6. The number of halogens is 3. The summed E-state index contributed by atoms with van der Waals surface area (Å²) in [6, 6.07) is 3.12. The molecule has 1 aromatic rings.